The molecule has 1 aliphatic rings. The van der Waals surface area contributed by atoms with Gasteiger partial charge in [-0.15, -0.1) is 0 Å². The Labute approximate surface area is 53.0 Å². The normalized spacial score (nSPS) is 35.6. The molecule has 1 rings (SSSR count). The lowest BCUT2D eigenvalue weighted by molar-refractivity contribution is 0.448. The van der Waals surface area contributed by atoms with Gasteiger partial charge in [-0.1, -0.05) is 6.92 Å². The van der Waals surface area contributed by atoms with E-state index in [4.69, 9.17) is 0 Å². The van der Waals surface area contributed by atoms with Crippen LogP contribution in [-0.2, 0) is 0 Å². The third kappa shape index (κ3) is 1.22. The van der Waals surface area contributed by atoms with E-state index >= 15 is 0 Å². The van der Waals surface area contributed by atoms with Gasteiger partial charge in [0.25, 0.3) is 0 Å². The predicted molar refractivity (Wildman–Crippen MR) is 38.0 cm³/mol. The van der Waals surface area contributed by atoms with E-state index in [9.17, 15) is 0 Å². The van der Waals surface area contributed by atoms with E-state index in [1.807, 2.05) is 0 Å². The van der Waals surface area contributed by atoms with Gasteiger partial charge < -0.3 is 5.32 Å². The Morgan fingerprint density at radius 3 is 2.38 bits per heavy atom. The molecule has 1 N–H and O–H groups in total. The first-order chi connectivity index (χ1) is 3.60. The molecule has 1 heteroatoms. The van der Waals surface area contributed by atoms with E-state index in [0.717, 1.165) is 5.92 Å². The van der Waals surface area contributed by atoms with Crippen molar-refractivity contribution in [3.63, 3.8) is 0 Å². The Bertz CT molecular complexity index is 90.9. The maximum absolute atomic E-state index is 3.45. The van der Waals surface area contributed by atoms with E-state index in [1.54, 1.807) is 0 Å². The zero-order chi connectivity index (χ0) is 6.20. The zero-order valence-corrected chi connectivity index (χ0v) is 5.99. The lowest BCUT2D eigenvalue weighted by atomic mass is 9.99. The maximum Gasteiger partial charge on any atom is 0.0128 e. The second kappa shape index (κ2) is 1.73. The molecular formula is C7H17N. The minimum atomic E-state index is 0. The summed E-state index contributed by atoms with van der Waals surface area (Å²) in [5, 5.41) is 3.45. The van der Waals surface area contributed by atoms with E-state index in [0.29, 0.717) is 5.54 Å². The predicted octanol–water partition coefficient (Wildman–Crippen LogP) is 1.64. The van der Waals surface area contributed by atoms with Gasteiger partial charge in [0.05, 0.1) is 0 Å². The largest absolute Gasteiger partial charge is 0.312 e. The van der Waals surface area contributed by atoms with Crippen LogP contribution in [0, 0.1) is 5.92 Å². The Morgan fingerprint density at radius 2 is 2.25 bits per heavy atom. The molecule has 1 nitrogen and oxygen atoms in total. The van der Waals surface area contributed by atoms with Gasteiger partial charge in [-0.05, 0) is 32.7 Å². The lowest BCUT2D eigenvalue weighted by Crippen LogP contribution is -2.31. The van der Waals surface area contributed by atoms with Gasteiger partial charge in [0.15, 0.2) is 0 Å². The SMILES string of the molecule is C[C@H]1CNC(C)(C)C1.[HH]. The summed E-state index contributed by atoms with van der Waals surface area (Å²) >= 11 is 0. The van der Waals surface area contributed by atoms with Crippen molar-refractivity contribution in [2.45, 2.75) is 32.7 Å². The van der Waals surface area contributed by atoms with Gasteiger partial charge in [0.2, 0.25) is 0 Å². The van der Waals surface area contributed by atoms with Crippen LogP contribution in [0.4, 0.5) is 0 Å². The van der Waals surface area contributed by atoms with Crippen LogP contribution in [0.15, 0.2) is 0 Å². The summed E-state index contributed by atoms with van der Waals surface area (Å²) in [5.41, 5.74) is 0.416. The fourth-order valence-electron chi connectivity index (χ4n) is 1.47. The summed E-state index contributed by atoms with van der Waals surface area (Å²) in [4.78, 5) is 0. The molecule has 1 heterocycles. The molecule has 0 aliphatic carbocycles. The first kappa shape index (κ1) is 6.09. The number of nitrogens with one attached hydrogen (secondary N) is 1. The molecule has 0 bridgehead atoms. The molecule has 0 spiro atoms. The van der Waals surface area contributed by atoms with Crippen molar-refractivity contribution in [3.05, 3.63) is 0 Å². The van der Waals surface area contributed by atoms with Gasteiger partial charge in [-0.25, -0.2) is 0 Å². The number of rotatable bonds is 0. The van der Waals surface area contributed by atoms with Crippen molar-refractivity contribution in [1.29, 1.82) is 0 Å². The van der Waals surface area contributed by atoms with Crippen molar-refractivity contribution in [1.82, 2.24) is 5.32 Å². The standard InChI is InChI=1S/C7H15N.H2/c1-6-4-7(2,3)8-5-6;/h6,8H,4-5H2,1-3H3;1H/t6-;/m1./s1. The van der Waals surface area contributed by atoms with Crippen LogP contribution in [0.1, 0.15) is 28.6 Å². The zero-order valence-electron chi connectivity index (χ0n) is 5.99. The van der Waals surface area contributed by atoms with E-state index < -0.39 is 0 Å². The van der Waals surface area contributed by atoms with Crippen LogP contribution in [0.5, 0.6) is 0 Å². The Balaban J connectivity index is 0.000000640. The highest BCUT2D eigenvalue weighted by Crippen LogP contribution is 2.21. The average Bonchev–Trinajstić information content (AvgIpc) is 1.82. The maximum atomic E-state index is 3.45. The van der Waals surface area contributed by atoms with Crippen LogP contribution in [0.2, 0.25) is 0 Å². The molecule has 1 saturated heterocycles. The van der Waals surface area contributed by atoms with Crippen LogP contribution >= 0.6 is 0 Å². The molecule has 0 aromatic carbocycles. The molecule has 0 amide bonds. The van der Waals surface area contributed by atoms with Crippen LogP contribution in [-0.4, -0.2) is 12.1 Å². The lowest BCUT2D eigenvalue weighted by Gasteiger charge is -2.16. The average molecular weight is 115 g/mol. The summed E-state index contributed by atoms with van der Waals surface area (Å²) in [5.74, 6) is 0.880. The van der Waals surface area contributed by atoms with E-state index in [-0.39, 0.29) is 1.43 Å². The van der Waals surface area contributed by atoms with Gasteiger partial charge in [0.1, 0.15) is 0 Å². The molecule has 1 fully saturated rings. The van der Waals surface area contributed by atoms with Crippen molar-refractivity contribution >= 4 is 0 Å². The first-order valence-electron chi connectivity index (χ1n) is 3.35. The third-order valence-electron chi connectivity index (χ3n) is 1.79. The summed E-state index contributed by atoms with van der Waals surface area (Å²) in [6, 6.07) is 0. The molecular weight excluding hydrogens is 98.1 g/mol. The molecule has 1 aliphatic heterocycles. The second-order valence-corrected chi connectivity index (χ2v) is 3.57. The highest BCUT2D eigenvalue weighted by atomic mass is 15.0. The fraction of sp³-hybridized carbons (Fsp3) is 1.00. The van der Waals surface area contributed by atoms with E-state index in [2.05, 4.69) is 26.1 Å². The monoisotopic (exact) mass is 115 g/mol. The minimum Gasteiger partial charge on any atom is -0.312 e. The van der Waals surface area contributed by atoms with Crippen LogP contribution in [0.25, 0.3) is 0 Å². The number of hydrogen-bond donors (Lipinski definition) is 1. The van der Waals surface area contributed by atoms with Crippen molar-refractivity contribution in [3.8, 4) is 0 Å². The first-order valence-corrected chi connectivity index (χ1v) is 3.35. The number of hydrogen-bond acceptors (Lipinski definition) is 1. The molecule has 50 valence electrons. The topological polar surface area (TPSA) is 12.0 Å². The Hall–Kier alpha value is -0.0400. The molecule has 0 saturated carbocycles. The van der Waals surface area contributed by atoms with E-state index in [1.165, 1.54) is 13.0 Å². The highest BCUT2D eigenvalue weighted by Gasteiger charge is 2.26. The molecule has 0 radical (unpaired) electrons. The second-order valence-electron chi connectivity index (χ2n) is 3.57. The quantitative estimate of drug-likeness (QED) is 0.506. The smallest absolute Gasteiger partial charge is 0.0128 e. The summed E-state index contributed by atoms with van der Waals surface area (Å²) < 4.78 is 0. The molecule has 8 heavy (non-hydrogen) atoms. The molecule has 1 atom stereocenters. The molecule has 0 aromatic heterocycles. The van der Waals surface area contributed by atoms with Gasteiger partial charge in [-0.3, -0.25) is 0 Å². The van der Waals surface area contributed by atoms with Gasteiger partial charge in [0, 0.05) is 6.97 Å². The van der Waals surface area contributed by atoms with Crippen LogP contribution < -0.4 is 5.32 Å². The molecule has 0 unspecified atom stereocenters. The van der Waals surface area contributed by atoms with Gasteiger partial charge in [-0.2, -0.15) is 0 Å². The summed E-state index contributed by atoms with van der Waals surface area (Å²) in [7, 11) is 0. The van der Waals surface area contributed by atoms with Crippen LogP contribution in [0.3, 0.4) is 0 Å². The highest BCUT2D eigenvalue weighted by molar-refractivity contribution is 4.86. The van der Waals surface area contributed by atoms with Crippen molar-refractivity contribution in [2.75, 3.05) is 6.54 Å². The Kier molecular flexibility index (Phi) is 1.31. The summed E-state index contributed by atoms with van der Waals surface area (Å²) in [6.07, 6.45) is 1.33. The van der Waals surface area contributed by atoms with Crippen molar-refractivity contribution < 1.29 is 1.43 Å². The summed E-state index contributed by atoms with van der Waals surface area (Å²) in [6.45, 7) is 8.02. The van der Waals surface area contributed by atoms with Crippen molar-refractivity contribution in [2.24, 2.45) is 5.92 Å². The Morgan fingerprint density at radius 1 is 1.62 bits per heavy atom. The molecule has 0 aromatic rings. The van der Waals surface area contributed by atoms with Gasteiger partial charge >= 0.3 is 0 Å². The minimum absolute atomic E-state index is 0. The fourth-order valence-corrected chi connectivity index (χ4v) is 1.47. The third-order valence-corrected chi connectivity index (χ3v) is 1.79.